The van der Waals surface area contributed by atoms with Crippen LogP contribution in [0.15, 0.2) is 64.8 Å². The van der Waals surface area contributed by atoms with Gasteiger partial charge in [0.25, 0.3) is 23.6 Å². The molecule has 1 unspecified atom stereocenters. The molecule has 2 aromatic carbocycles. The molecule has 0 bridgehead atoms. The van der Waals surface area contributed by atoms with Gasteiger partial charge in [-0.15, -0.1) is 6.42 Å². The molecule has 7 rings (SSSR count). The fraction of sp³-hybridized carbons (Fsp3) is 0.333. The van der Waals surface area contributed by atoms with Crippen LogP contribution in [0.5, 0.6) is 0 Å². The molecule has 6 heteroatoms. The molecule has 2 heterocycles. The molecule has 3 aliphatic carbocycles. The minimum Gasteiger partial charge on any atom is -0.271 e. The number of hydrogen-bond acceptors (Lipinski definition) is 4. The zero-order chi connectivity index (χ0) is 29.6. The van der Waals surface area contributed by atoms with Crippen LogP contribution in [0, 0.1) is 18.3 Å². The average molecular weight is 557 g/mol. The Morgan fingerprint density at radius 2 is 1.31 bits per heavy atom. The number of carbonyl (C=O) groups is 4. The highest BCUT2D eigenvalue weighted by Crippen LogP contribution is 2.58. The number of carbonyl (C=O) groups excluding carboxylic acids is 4. The van der Waals surface area contributed by atoms with Crippen LogP contribution in [0.4, 0.5) is 0 Å². The van der Waals surface area contributed by atoms with Crippen LogP contribution in [0.3, 0.4) is 0 Å². The van der Waals surface area contributed by atoms with Crippen molar-refractivity contribution < 1.29 is 19.2 Å². The smallest absolute Gasteiger partial charge is 0.261 e. The maximum Gasteiger partial charge on any atom is 0.261 e. The van der Waals surface area contributed by atoms with Crippen LogP contribution in [0.25, 0.3) is 16.3 Å². The maximum absolute atomic E-state index is 13.9. The highest BCUT2D eigenvalue weighted by molar-refractivity contribution is 6.28. The Morgan fingerprint density at radius 1 is 0.738 bits per heavy atom. The van der Waals surface area contributed by atoms with E-state index in [1.54, 1.807) is 6.08 Å². The molecule has 6 nitrogen and oxygen atoms in total. The van der Waals surface area contributed by atoms with Crippen LogP contribution < -0.4 is 0 Å². The van der Waals surface area contributed by atoms with Gasteiger partial charge < -0.3 is 0 Å². The van der Waals surface area contributed by atoms with Gasteiger partial charge in [0, 0.05) is 57.2 Å². The Morgan fingerprint density at radius 3 is 1.90 bits per heavy atom. The van der Waals surface area contributed by atoms with Gasteiger partial charge in [-0.1, -0.05) is 57.9 Å². The Hall–Kier alpha value is -4.50. The van der Waals surface area contributed by atoms with Crippen molar-refractivity contribution in [3.63, 3.8) is 0 Å². The van der Waals surface area contributed by atoms with Crippen LogP contribution in [0.1, 0.15) is 91.1 Å². The summed E-state index contributed by atoms with van der Waals surface area (Å²) in [6.07, 6.45) is 14.5. The van der Waals surface area contributed by atoms with E-state index < -0.39 is 0 Å². The summed E-state index contributed by atoms with van der Waals surface area (Å²) in [6, 6.07) is 7.22. The Bertz CT molecular complexity index is 1810. The largest absolute Gasteiger partial charge is 0.271 e. The average Bonchev–Trinajstić information content (AvgIpc) is 3.01. The van der Waals surface area contributed by atoms with Gasteiger partial charge in [0.2, 0.25) is 0 Å². The fourth-order valence-corrected chi connectivity index (χ4v) is 7.99. The van der Waals surface area contributed by atoms with Gasteiger partial charge in [-0.25, -0.2) is 0 Å². The number of terminal acetylenes is 1. The minimum absolute atomic E-state index is 0.171. The number of nitrogens with zero attached hydrogens (tertiary/aromatic N) is 2. The third-order valence-corrected chi connectivity index (χ3v) is 10.0. The summed E-state index contributed by atoms with van der Waals surface area (Å²) in [5.41, 5.74) is 6.12. The molecule has 2 aliphatic heterocycles. The quantitative estimate of drug-likeness (QED) is 0.319. The molecule has 2 atom stereocenters. The molecule has 2 aromatic rings. The van der Waals surface area contributed by atoms with Gasteiger partial charge in [-0.05, 0) is 71.6 Å². The van der Waals surface area contributed by atoms with Crippen molar-refractivity contribution in [2.45, 2.75) is 71.4 Å². The Kier molecular flexibility index (Phi) is 5.82. The second kappa shape index (κ2) is 9.25. The molecule has 0 saturated carbocycles. The Labute approximate surface area is 245 Å². The number of amides is 4. The number of benzene rings is 2. The van der Waals surface area contributed by atoms with E-state index in [4.69, 9.17) is 6.42 Å². The van der Waals surface area contributed by atoms with Crippen molar-refractivity contribution in [1.29, 1.82) is 0 Å². The molecule has 0 N–H and O–H groups in total. The van der Waals surface area contributed by atoms with Crippen molar-refractivity contribution in [3.05, 3.63) is 87.0 Å². The zero-order valence-corrected chi connectivity index (χ0v) is 24.3. The summed E-state index contributed by atoms with van der Waals surface area (Å²) in [4.78, 5) is 58.2. The van der Waals surface area contributed by atoms with Gasteiger partial charge in [-0.3, -0.25) is 29.0 Å². The monoisotopic (exact) mass is 556 g/mol. The highest BCUT2D eigenvalue weighted by atomic mass is 16.2. The molecule has 42 heavy (non-hydrogen) atoms. The molecule has 0 fully saturated rings. The van der Waals surface area contributed by atoms with E-state index >= 15 is 0 Å². The maximum atomic E-state index is 13.9. The van der Waals surface area contributed by atoms with Gasteiger partial charge in [-0.2, -0.15) is 0 Å². The first-order chi connectivity index (χ1) is 20.3. The van der Waals surface area contributed by atoms with Crippen LogP contribution >= 0.6 is 0 Å². The van der Waals surface area contributed by atoms with Crippen molar-refractivity contribution in [2.75, 3.05) is 0 Å². The topological polar surface area (TPSA) is 74.8 Å². The lowest BCUT2D eigenvalue weighted by molar-refractivity contribution is -0.143. The molecule has 5 aliphatic rings. The lowest BCUT2D eigenvalue weighted by Crippen LogP contribution is -2.50. The van der Waals surface area contributed by atoms with E-state index in [0.29, 0.717) is 58.9 Å². The highest BCUT2D eigenvalue weighted by Gasteiger charge is 2.50. The lowest BCUT2D eigenvalue weighted by Gasteiger charge is -2.46. The van der Waals surface area contributed by atoms with Crippen molar-refractivity contribution >= 4 is 40.0 Å². The Balaban J connectivity index is 1.50. The summed E-state index contributed by atoms with van der Waals surface area (Å²) in [6.45, 7) is 7.96. The third-order valence-electron chi connectivity index (χ3n) is 10.0. The molecule has 0 radical (unpaired) electrons. The summed E-state index contributed by atoms with van der Waals surface area (Å²) in [7, 11) is 0. The first kappa shape index (κ1) is 26.4. The number of hydrogen-bond donors (Lipinski definition) is 0. The second-order valence-corrected chi connectivity index (χ2v) is 11.7. The van der Waals surface area contributed by atoms with Gasteiger partial charge in [0.05, 0.1) is 0 Å². The normalized spacial score (nSPS) is 22.1. The first-order valence-corrected chi connectivity index (χ1v) is 15.0. The van der Waals surface area contributed by atoms with Gasteiger partial charge >= 0.3 is 0 Å². The second-order valence-electron chi connectivity index (χ2n) is 11.7. The third kappa shape index (κ3) is 3.11. The number of rotatable bonds is 6. The van der Waals surface area contributed by atoms with E-state index in [0.717, 1.165) is 27.7 Å². The van der Waals surface area contributed by atoms with E-state index in [1.807, 2.05) is 64.1 Å². The van der Waals surface area contributed by atoms with E-state index in [1.165, 1.54) is 9.80 Å². The van der Waals surface area contributed by atoms with E-state index in [-0.39, 0.29) is 47.5 Å². The lowest BCUT2D eigenvalue weighted by atomic mass is 9.59. The van der Waals surface area contributed by atoms with Crippen LogP contribution in [-0.2, 0) is 9.59 Å². The van der Waals surface area contributed by atoms with Crippen molar-refractivity contribution in [3.8, 4) is 12.3 Å². The molecule has 210 valence electrons. The number of imide groups is 2. The summed E-state index contributed by atoms with van der Waals surface area (Å²) >= 11 is 0. The standard InChI is InChI=1S/C36H32N2O4/c1-6-18-17-27-31-26(35(41)38(36(27)42)20(9-4)10-5)15-12-22-21-11-14-24-30-25(16-13-23(29(21)30)28(18)32(22)31)34(40)37(33(24)39)19(7-2)8-3/h1,11-17,19-20,22,32H,7-10H2,2-5H3/t22-,32?/m1/s1. The van der Waals surface area contributed by atoms with E-state index in [2.05, 4.69) is 5.92 Å². The van der Waals surface area contributed by atoms with Gasteiger partial charge in [0.15, 0.2) is 0 Å². The minimum atomic E-state index is -0.310. The summed E-state index contributed by atoms with van der Waals surface area (Å²) in [5, 5.41) is 1.53. The molecule has 4 amide bonds. The summed E-state index contributed by atoms with van der Waals surface area (Å²) in [5.74, 6) is 1.25. The number of allylic oxidation sites excluding steroid dienone is 4. The van der Waals surface area contributed by atoms with E-state index in [9.17, 15) is 19.2 Å². The predicted molar refractivity (Wildman–Crippen MR) is 161 cm³/mol. The summed E-state index contributed by atoms with van der Waals surface area (Å²) < 4.78 is 0. The van der Waals surface area contributed by atoms with Crippen LogP contribution in [0.2, 0.25) is 0 Å². The SMILES string of the molecule is C#CC1=C2c3ccc4c5c(ccc(c35)[C@H]3C=CC5=C(C(=C1)C(=O)N(C(CC)CC)C5=O)C23)C(=O)N(C(CC)CC)C4=O. The molecular weight excluding hydrogens is 524 g/mol. The van der Waals surface area contributed by atoms with Crippen molar-refractivity contribution in [1.82, 2.24) is 9.80 Å². The van der Waals surface area contributed by atoms with Crippen molar-refractivity contribution in [2.24, 2.45) is 5.92 Å². The zero-order valence-electron chi connectivity index (χ0n) is 24.3. The molecule has 0 saturated heterocycles. The molecule has 0 spiro atoms. The predicted octanol–water partition coefficient (Wildman–Crippen LogP) is 6.09. The van der Waals surface area contributed by atoms with Crippen LogP contribution in [-0.4, -0.2) is 45.5 Å². The fourth-order valence-electron chi connectivity index (χ4n) is 7.99. The molecular formula is C36H32N2O4. The first-order valence-electron chi connectivity index (χ1n) is 15.0. The molecule has 0 aromatic heterocycles. The van der Waals surface area contributed by atoms with Gasteiger partial charge in [0.1, 0.15) is 0 Å². The number of fused-ring (bicyclic) bond motifs is 2.